The van der Waals surface area contributed by atoms with Gasteiger partial charge in [0.05, 0.1) is 5.25 Å². The Morgan fingerprint density at radius 1 is 1.29 bits per heavy atom. The molecule has 0 aliphatic carbocycles. The molecule has 0 saturated heterocycles. The molecule has 1 aromatic heterocycles. The Hall–Kier alpha value is -2.68. The van der Waals surface area contributed by atoms with Crippen LogP contribution in [0, 0.1) is 5.82 Å². The van der Waals surface area contributed by atoms with Crippen LogP contribution in [0.2, 0.25) is 0 Å². The fourth-order valence-corrected chi connectivity index (χ4v) is 3.14. The molecule has 1 aromatic carbocycles. The number of aromatic nitrogens is 3. The molecule has 3 amide bonds. The summed E-state index contributed by atoms with van der Waals surface area (Å²) in [6.45, 7) is 11.3. The predicted octanol–water partition coefficient (Wildman–Crippen LogP) is 3.38. The zero-order valence-corrected chi connectivity index (χ0v) is 17.1. The first-order valence-corrected chi connectivity index (χ1v) is 9.58. The average molecular weight is 405 g/mol. The minimum Gasteiger partial charge on any atom is -0.333 e. The van der Waals surface area contributed by atoms with E-state index in [4.69, 9.17) is 0 Å². The lowest BCUT2D eigenvalue weighted by Gasteiger charge is -2.21. The number of benzene rings is 1. The van der Waals surface area contributed by atoms with Crippen molar-refractivity contribution in [1.29, 1.82) is 0 Å². The monoisotopic (exact) mass is 405 g/mol. The molecule has 2 N–H and O–H groups in total. The number of rotatable bonds is 6. The summed E-state index contributed by atoms with van der Waals surface area (Å²) in [6.07, 6.45) is 1.68. The molecular formula is C19H24FN5O2S. The van der Waals surface area contributed by atoms with Gasteiger partial charge in [0.15, 0.2) is 11.0 Å². The SMILES string of the molecule is C=CCn1c(S[C@@H](C)C(=O)NC(=O)NC(C)(C)C)nnc1-c1ccc(F)cc1. The summed E-state index contributed by atoms with van der Waals surface area (Å²) in [5.41, 5.74) is 0.249. The van der Waals surface area contributed by atoms with Crippen molar-refractivity contribution in [2.45, 2.75) is 50.2 Å². The van der Waals surface area contributed by atoms with E-state index in [9.17, 15) is 14.0 Å². The zero-order valence-electron chi connectivity index (χ0n) is 16.3. The van der Waals surface area contributed by atoms with Crippen molar-refractivity contribution in [2.24, 2.45) is 0 Å². The third-order valence-corrected chi connectivity index (χ3v) is 4.59. The van der Waals surface area contributed by atoms with Gasteiger partial charge in [-0.25, -0.2) is 9.18 Å². The molecule has 28 heavy (non-hydrogen) atoms. The molecule has 1 heterocycles. The summed E-state index contributed by atoms with van der Waals surface area (Å²) in [4.78, 5) is 24.2. The Morgan fingerprint density at radius 2 is 1.93 bits per heavy atom. The number of thioether (sulfide) groups is 1. The van der Waals surface area contributed by atoms with Crippen molar-refractivity contribution in [3.63, 3.8) is 0 Å². The summed E-state index contributed by atoms with van der Waals surface area (Å²) < 4.78 is 15.0. The largest absolute Gasteiger partial charge is 0.333 e. The summed E-state index contributed by atoms with van der Waals surface area (Å²) in [5.74, 6) is -0.240. The fraction of sp³-hybridized carbons (Fsp3) is 0.368. The van der Waals surface area contributed by atoms with Crippen LogP contribution in [0.5, 0.6) is 0 Å². The van der Waals surface area contributed by atoms with Gasteiger partial charge in [-0.15, -0.1) is 16.8 Å². The van der Waals surface area contributed by atoms with Crippen LogP contribution in [-0.4, -0.2) is 37.5 Å². The van der Waals surface area contributed by atoms with Gasteiger partial charge in [0.25, 0.3) is 0 Å². The molecule has 7 nitrogen and oxygen atoms in total. The van der Waals surface area contributed by atoms with Gasteiger partial charge < -0.3 is 5.32 Å². The quantitative estimate of drug-likeness (QED) is 0.568. The highest BCUT2D eigenvalue weighted by atomic mass is 32.2. The first-order valence-electron chi connectivity index (χ1n) is 8.70. The number of nitrogens with one attached hydrogen (secondary N) is 2. The van der Waals surface area contributed by atoms with Crippen LogP contribution >= 0.6 is 11.8 Å². The van der Waals surface area contributed by atoms with Gasteiger partial charge >= 0.3 is 6.03 Å². The number of hydrogen-bond donors (Lipinski definition) is 2. The van der Waals surface area contributed by atoms with Gasteiger partial charge in [-0.05, 0) is 52.0 Å². The first-order chi connectivity index (χ1) is 13.1. The number of allylic oxidation sites excluding steroid dienone is 1. The molecule has 0 bridgehead atoms. The maximum atomic E-state index is 13.2. The molecule has 2 aromatic rings. The Labute approximate surface area is 167 Å². The lowest BCUT2D eigenvalue weighted by atomic mass is 10.1. The molecule has 0 aliphatic rings. The van der Waals surface area contributed by atoms with E-state index in [0.717, 1.165) is 0 Å². The van der Waals surface area contributed by atoms with Gasteiger partial charge in [-0.3, -0.25) is 14.7 Å². The lowest BCUT2D eigenvalue weighted by Crippen LogP contribution is -2.49. The van der Waals surface area contributed by atoms with Crippen molar-refractivity contribution >= 4 is 23.7 Å². The predicted molar refractivity (Wildman–Crippen MR) is 107 cm³/mol. The summed E-state index contributed by atoms with van der Waals surface area (Å²) >= 11 is 1.17. The molecule has 9 heteroatoms. The topological polar surface area (TPSA) is 88.9 Å². The van der Waals surface area contributed by atoms with Gasteiger partial charge in [0, 0.05) is 17.6 Å². The van der Waals surface area contributed by atoms with Crippen LogP contribution in [0.25, 0.3) is 11.4 Å². The first kappa shape index (κ1) is 21.6. The average Bonchev–Trinajstić information content (AvgIpc) is 2.96. The maximum Gasteiger partial charge on any atom is 0.321 e. The van der Waals surface area contributed by atoms with Crippen LogP contribution in [0.1, 0.15) is 27.7 Å². The normalized spacial score (nSPS) is 12.3. The number of carbonyl (C=O) groups excluding carboxylic acids is 2. The van der Waals surface area contributed by atoms with Gasteiger partial charge in [0.2, 0.25) is 5.91 Å². The van der Waals surface area contributed by atoms with Gasteiger partial charge in [-0.1, -0.05) is 17.8 Å². The maximum absolute atomic E-state index is 13.2. The highest BCUT2D eigenvalue weighted by Gasteiger charge is 2.23. The third-order valence-electron chi connectivity index (χ3n) is 3.51. The van der Waals surface area contributed by atoms with Crippen molar-refractivity contribution in [1.82, 2.24) is 25.4 Å². The van der Waals surface area contributed by atoms with E-state index in [2.05, 4.69) is 27.4 Å². The number of amides is 3. The second-order valence-electron chi connectivity index (χ2n) is 7.17. The Bertz CT molecular complexity index is 858. The van der Waals surface area contributed by atoms with Crippen LogP contribution < -0.4 is 10.6 Å². The summed E-state index contributed by atoms with van der Waals surface area (Å²) in [5, 5.41) is 13.2. The van der Waals surface area contributed by atoms with E-state index < -0.39 is 22.7 Å². The molecule has 0 spiro atoms. The summed E-state index contributed by atoms with van der Waals surface area (Å²) in [6, 6.07) is 5.36. The molecule has 0 aliphatic heterocycles. The van der Waals surface area contributed by atoms with E-state index in [-0.39, 0.29) is 5.82 Å². The van der Waals surface area contributed by atoms with E-state index in [1.165, 1.54) is 23.9 Å². The van der Waals surface area contributed by atoms with Gasteiger partial charge in [-0.2, -0.15) is 0 Å². The zero-order chi connectivity index (χ0) is 20.9. The third kappa shape index (κ3) is 5.91. The van der Waals surface area contributed by atoms with Crippen molar-refractivity contribution < 1.29 is 14.0 Å². The number of carbonyl (C=O) groups is 2. The smallest absolute Gasteiger partial charge is 0.321 e. The second-order valence-corrected chi connectivity index (χ2v) is 8.47. The Kier molecular flexibility index (Phi) is 6.95. The number of urea groups is 1. The Balaban J connectivity index is 2.14. The minimum absolute atomic E-state index is 0.341. The minimum atomic E-state index is -0.584. The molecule has 0 fully saturated rings. The van der Waals surface area contributed by atoms with Crippen molar-refractivity contribution in [3.05, 3.63) is 42.7 Å². The highest BCUT2D eigenvalue weighted by Crippen LogP contribution is 2.27. The number of halogens is 1. The molecule has 150 valence electrons. The molecule has 0 unspecified atom stereocenters. The molecule has 0 saturated carbocycles. The van der Waals surface area contributed by atoms with Crippen LogP contribution in [-0.2, 0) is 11.3 Å². The summed E-state index contributed by atoms with van der Waals surface area (Å²) in [7, 11) is 0. The molecule has 0 radical (unpaired) electrons. The number of nitrogens with zero attached hydrogens (tertiary/aromatic N) is 3. The van der Waals surface area contributed by atoms with Crippen molar-refractivity contribution in [2.75, 3.05) is 0 Å². The standard InChI is InChI=1S/C19H24FN5O2S/c1-6-11-25-15(13-7-9-14(20)10-8-13)23-24-18(25)28-12(2)16(26)21-17(27)22-19(3,4)5/h6-10,12H,1,11H2,2-5H3,(H2,21,22,26,27)/t12-/m0/s1. The fourth-order valence-electron chi connectivity index (χ4n) is 2.28. The number of imide groups is 1. The lowest BCUT2D eigenvalue weighted by molar-refractivity contribution is -0.119. The van der Waals surface area contributed by atoms with Crippen LogP contribution in [0.3, 0.4) is 0 Å². The van der Waals surface area contributed by atoms with E-state index in [0.29, 0.717) is 23.1 Å². The van der Waals surface area contributed by atoms with E-state index in [1.54, 1.807) is 29.7 Å². The van der Waals surface area contributed by atoms with Crippen LogP contribution in [0.15, 0.2) is 42.1 Å². The number of hydrogen-bond acceptors (Lipinski definition) is 5. The molecule has 2 rings (SSSR count). The molecular weight excluding hydrogens is 381 g/mol. The van der Waals surface area contributed by atoms with Gasteiger partial charge in [0.1, 0.15) is 5.82 Å². The van der Waals surface area contributed by atoms with E-state index >= 15 is 0 Å². The van der Waals surface area contributed by atoms with Crippen LogP contribution in [0.4, 0.5) is 9.18 Å². The van der Waals surface area contributed by atoms with Crippen molar-refractivity contribution in [3.8, 4) is 11.4 Å². The van der Waals surface area contributed by atoms with E-state index in [1.807, 2.05) is 20.8 Å². The highest BCUT2D eigenvalue weighted by molar-refractivity contribution is 8.00. The molecule has 1 atom stereocenters. The Morgan fingerprint density at radius 3 is 2.50 bits per heavy atom. The second kappa shape index (κ2) is 9.01.